The van der Waals surface area contributed by atoms with E-state index in [1.54, 1.807) is 14.0 Å². The third kappa shape index (κ3) is 2.71. The average Bonchev–Trinajstić information content (AvgIpc) is 2.84. The first-order valence-electron chi connectivity index (χ1n) is 5.60. The summed E-state index contributed by atoms with van der Waals surface area (Å²) in [6.45, 7) is 3.55. The molecule has 0 aromatic carbocycles. The highest BCUT2D eigenvalue weighted by Crippen LogP contribution is 2.33. The van der Waals surface area contributed by atoms with Crippen LogP contribution in [0.25, 0.3) is 0 Å². The van der Waals surface area contributed by atoms with E-state index in [0.29, 0.717) is 15.8 Å². The van der Waals surface area contributed by atoms with Gasteiger partial charge in [-0.1, -0.05) is 11.6 Å². The van der Waals surface area contributed by atoms with Crippen LogP contribution in [0.4, 0.5) is 11.5 Å². The second-order valence-electron chi connectivity index (χ2n) is 4.17. The molecule has 0 amide bonds. The Balaban J connectivity index is 2.31. The summed E-state index contributed by atoms with van der Waals surface area (Å²) in [5.41, 5.74) is 0.406. The van der Waals surface area contributed by atoms with Crippen LogP contribution in [0.2, 0.25) is 4.34 Å². The van der Waals surface area contributed by atoms with Crippen LogP contribution >= 0.6 is 22.9 Å². The molecule has 0 spiro atoms. The first kappa shape index (κ1) is 13.8. The first-order valence-corrected chi connectivity index (χ1v) is 6.79. The van der Waals surface area contributed by atoms with Crippen LogP contribution in [0.3, 0.4) is 0 Å². The van der Waals surface area contributed by atoms with Crippen LogP contribution in [-0.4, -0.2) is 14.7 Å². The van der Waals surface area contributed by atoms with Gasteiger partial charge in [-0.15, -0.1) is 11.3 Å². The minimum atomic E-state index is -0.418. The van der Waals surface area contributed by atoms with E-state index >= 15 is 0 Å². The number of nitrogens with zero attached hydrogens (tertiary/aromatic N) is 3. The molecule has 0 aliphatic rings. The molecule has 2 heterocycles. The second-order valence-corrected chi connectivity index (χ2v) is 5.92. The van der Waals surface area contributed by atoms with E-state index in [2.05, 4.69) is 10.4 Å². The summed E-state index contributed by atoms with van der Waals surface area (Å²) in [6.07, 6.45) is 0. The third-order valence-electron chi connectivity index (χ3n) is 2.75. The van der Waals surface area contributed by atoms with E-state index in [1.807, 2.05) is 19.1 Å². The highest BCUT2D eigenvalue weighted by atomic mass is 35.5. The monoisotopic (exact) mass is 300 g/mol. The van der Waals surface area contributed by atoms with E-state index in [1.165, 1.54) is 16.0 Å². The lowest BCUT2D eigenvalue weighted by Gasteiger charge is -2.12. The number of nitro groups is 1. The van der Waals surface area contributed by atoms with Crippen LogP contribution in [0.1, 0.15) is 23.5 Å². The fourth-order valence-corrected chi connectivity index (χ4v) is 2.93. The summed E-state index contributed by atoms with van der Waals surface area (Å²) in [4.78, 5) is 11.7. The molecule has 0 bridgehead atoms. The molecule has 102 valence electrons. The Hall–Kier alpha value is -1.60. The molecule has 6 nitrogen and oxygen atoms in total. The molecular formula is C11H13ClN4O2S. The van der Waals surface area contributed by atoms with Crippen molar-refractivity contribution in [3.63, 3.8) is 0 Å². The lowest BCUT2D eigenvalue weighted by atomic mass is 10.2. The summed E-state index contributed by atoms with van der Waals surface area (Å²) < 4.78 is 2.18. The van der Waals surface area contributed by atoms with E-state index < -0.39 is 4.92 Å². The zero-order valence-electron chi connectivity index (χ0n) is 10.7. The van der Waals surface area contributed by atoms with Crippen molar-refractivity contribution in [2.24, 2.45) is 7.05 Å². The van der Waals surface area contributed by atoms with Crippen molar-refractivity contribution in [1.29, 1.82) is 0 Å². The zero-order valence-corrected chi connectivity index (χ0v) is 12.2. The lowest BCUT2D eigenvalue weighted by Crippen LogP contribution is -2.10. The number of hydrogen-bond donors (Lipinski definition) is 1. The van der Waals surface area contributed by atoms with E-state index in [4.69, 9.17) is 11.6 Å². The first-order chi connectivity index (χ1) is 8.90. The minimum absolute atomic E-state index is 0.0111. The highest BCUT2D eigenvalue weighted by molar-refractivity contribution is 7.16. The summed E-state index contributed by atoms with van der Waals surface area (Å²) in [5.74, 6) is 0.402. The Kier molecular flexibility index (Phi) is 3.77. The minimum Gasteiger partial charge on any atom is -0.357 e. The van der Waals surface area contributed by atoms with Crippen molar-refractivity contribution in [2.75, 3.05) is 5.32 Å². The largest absolute Gasteiger partial charge is 0.357 e. The molecule has 0 saturated heterocycles. The van der Waals surface area contributed by atoms with Crippen molar-refractivity contribution in [3.05, 3.63) is 37.2 Å². The standard InChI is InChI=1S/C11H13ClN4O2S/c1-6(8-4-5-9(12)19-8)13-11-10(16(17)18)7(2)14-15(11)3/h4-6,13H,1-3H3. The highest BCUT2D eigenvalue weighted by Gasteiger charge is 2.25. The number of halogens is 1. The second kappa shape index (κ2) is 5.18. The van der Waals surface area contributed by atoms with Gasteiger partial charge >= 0.3 is 5.69 Å². The molecule has 1 N–H and O–H groups in total. The van der Waals surface area contributed by atoms with Gasteiger partial charge in [0.1, 0.15) is 5.69 Å². The number of thiophene rings is 1. The quantitative estimate of drug-likeness (QED) is 0.692. The van der Waals surface area contributed by atoms with Gasteiger partial charge in [-0.25, -0.2) is 4.68 Å². The predicted molar refractivity (Wildman–Crippen MR) is 76.0 cm³/mol. The normalized spacial score (nSPS) is 12.4. The van der Waals surface area contributed by atoms with Crippen molar-refractivity contribution < 1.29 is 4.92 Å². The van der Waals surface area contributed by atoms with E-state index in [-0.39, 0.29) is 11.7 Å². The van der Waals surface area contributed by atoms with Crippen LogP contribution in [-0.2, 0) is 7.05 Å². The van der Waals surface area contributed by atoms with Crippen molar-refractivity contribution in [2.45, 2.75) is 19.9 Å². The molecule has 0 aliphatic heterocycles. The summed E-state index contributed by atoms with van der Waals surface area (Å²) >= 11 is 7.33. The van der Waals surface area contributed by atoms with Crippen molar-refractivity contribution in [1.82, 2.24) is 9.78 Å². The Morgan fingerprint density at radius 2 is 2.26 bits per heavy atom. The average molecular weight is 301 g/mol. The molecule has 8 heteroatoms. The van der Waals surface area contributed by atoms with Gasteiger partial charge in [0.25, 0.3) is 0 Å². The maximum atomic E-state index is 11.1. The third-order valence-corrected chi connectivity index (χ3v) is 4.16. The van der Waals surface area contributed by atoms with Gasteiger partial charge in [-0.3, -0.25) is 10.1 Å². The zero-order chi connectivity index (χ0) is 14.2. The molecule has 0 saturated carbocycles. The van der Waals surface area contributed by atoms with Crippen molar-refractivity contribution in [3.8, 4) is 0 Å². The Morgan fingerprint density at radius 1 is 1.58 bits per heavy atom. The topological polar surface area (TPSA) is 73.0 Å². The number of nitrogens with one attached hydrogen (secondary N) is 1. The Labute approximate surface area is 119 Å². The SMILES string of the molecule is Cc1nn(C)c(NC(C)c2ccc(Cl)s2)c1[N+](=O)[O-]. The Bertz CT molecular complexity index is 622. The van der Waals surface area contributed by atoms with Crippen LogP contribution < -0.4 is 5.32 Å². The smallest absolute Gasteiger partial charge is 0.333 e. The van der Waals surface area contributed by atoms with Gasteiger partial charge in [0.05, 0.1) is 15.3 Å². The molecule has 0 fully saturated rings. The van der Waals surface area contributed by atoms with Gasteiger partial charge in [0, 0.05) is 11.9 Å². The van der Waals surface area contributed by atoms with Crippen LogP contribution in [0, 0.1) is 17.0 Å². The van der Waals surface area contributed by atoms with Gasteiger partial charge in [0.2, 0.25) is 5.82 Å². The number of anilines is 1. The molecule has 0 aliphatic carbocycles. The van der Waals surface area contributed by atoms with Gasteiger partial charge in [0.15, 0.2) is 0 Å². The van der Waals surface area contributed by atoms with E-state index in [0.717, 1.165) is 4.88 Å². The molecule has 19 heavy (non-hydrogen) atoms. The molecule has 1 unspecified atom stereocenters. The number of rotatable bonds is 4. The number of aryl methyl sites for hydroxylation is 2. The van der Waals surface area contributed by atoms with E-state index in [9.17, 15) is 10.1 Å². The summed E-state index contributed by atoms with van der Waals surface area (Å²) in [7, 11) is 1.68. The lowest BCUT2D eigenvalue weighted by molar-refractivity contribution is -0.384. The van der Waals surface area contributed by atoms with Crippen LogP contribution in [0.5, 0.6) is 0 Å². The van der Waals surface area contributed by atoms with Crippen molar-refractivity contribution >= 4 is 34.4 Å². The predicted octanol–water partition coefficient (Wildman–Crippen LogP) is 3.52. The molecule has 2 aromatic rings. The maximum absolute atomic E-state index is 11.1. The fourth-order valence-electron chi connectivity index (χ4n) is 1.86. The molecule has 2 aromatic heterocycles. The number of aromatic nitrogens is 2. The molecule has 1 atom stereocenters. The van der Waals surface area contributed by atoms with Gasteiger partial charge in [-0.05, 0) is 26.0 Å². The number of hydrogen-bond acceptors (Lipinski definition) is 5. The van der Waals surface area contributed by atoms with Gasteiger partial charge < -0.3 is 5.32 Å². The fraction of sp³-hybridized carbons (Fsp3) is 0.364. The van der Waals surface area contributed by atoms with Crippen LogP contribution in [0.15, 0.2) is 12.1 Å². The molecule has 2 rings (SSSR count). The molecular weight excluding hydrogens is 288 g/mol. The molecule has 0 radical (unpaired) electrons. The van der Waals surface area contributed by atoms with Gasteiger partial charge in [-0.2, -0.15) is 5.10 Å². The Morgan fingerprint density at radius 3 is 2.79 bits per heavy atom. The summed E-state index contributed by atoms with van der Waals surface area (Å²) in [5, 5.41) is 18.3. The maximum Gasteiger partial charge on any atom is 0.333 e. The summed E-state index contributed by atoms with van der Waals surface area (Å²) in [6, 6.07) is 3.63.